The molecule has 0 unspecified atom stereocenters. The highest BCUT2D eigenvalue weighted by Crippen LogP contribution is 2.20. The maximum absolute atomic E-state index is 12.1. The molecule has 0 saturated heterocycles. The Balaban J connectivity index is 1.82. The van der Waals surface area contributed by atoms with E-state index in [1.165, 1.54) is 0 Å². The molecular formula is C19H22BrN3O3. The van der Waals surface area contributed by atoms with Crippen LogP contribution in [0.25, 0.3) is 0 Å². The van der Waals surface area contributed by atoms with Gasteiger partial charge in [-0.1, -0.05) is 22.0 Å². The summed E-state index contributed by atoms with van der Waals surface area (Å²) in [4.78, 5) is 25.9. The molecule has 0 atom stereocenters. The van der Waals surface area contributed by atoms with E-state index in [0.29, 0.717) is 11.4 Å². The van der Waals surface area contributed by atoms with Crippen molar-refractivity contribution in [1.82, 2.24) is 4.90 Å². The molecule has 0 fully saturated rings. The molecular weight excluding hydrogens is 398 g/mol. The Morgan fingerprint density at radius 1 is 1.04 bits per heavy atom. The van der Waals surface area contributed by atoms with Crippen molar-refractivity contribution in [3.05, 3.63) is 52.5 Å². The van der Waals surface area contributed by atoms with Crippen molar-refractivity contribution in [2.45, 2.75) is 6.92 Å². The minimum Gasteiger partial charge on any atom is -0.497 e. The molecule has 0 radical (unpaired) electrons. The number of ether oxygens (including phenoxy) is 1. The van der Waals surface area contributed by atoms with Gasteiger partial charge in [0.2, 0.25) is 11.8 Å². The van der Waals surface area contributed by atoms with E-state index >= 15 is 0 Å². The Hall–Kier alpha value is -2.38. The second-order valence-corrected chi connectivity index (χ2v) is 6.82. The van der Waals surface area contributed by atoms with E-state index in [-0.39, 0.29) is 24.9 Å². The summed E-state index contributed by atoms with van der Waals surface area (Å²) in [6, 6.07) is 12.7. The van der Waals surface area contributed by atoms with Gasteiger partial charge in [0.25, 0.3) is 0 Å². The fourth-order valence-corrected chi connectivity index (χ4v) is 2.62. The average Bonchev–Trinajstić information content (AvgIpc) is 2.57. The number of hydrogen-bond donors (Lipinski definition) is 2. The Morgan fingerprint density at radius 2 is 1.65 bits per heavy atom. The molecule has 0 saturated carbocycles. The Kier molecular flexibility index (Phi) is 7.17. The third-order valence-corrected chi connectivity index (χ3v) is 4.51. The largest absolute Gasteiger partial charge is 0.497 e. The highest BCUT2D eigenvalue weighted by atomic mass is 79.9. The molecule has 2 amide bonds. The average molecular weight is 420 g/mol. The number of amides is 2. The maximum Gasteiger partial charge on any atom is 0.238 e. The molecule has 2 N–H and O–H groups in total. The molecule has 0 spiro atoms. The first-order chi connectivity index (χ1) is 12.4. The van der Waals surface area contributed by atoms with Crippen molar-refractivity contribution in [3.8, 4) is 5.75 Å². The summed E-state index contributed by atoms with van der Waals surface area (Å²) in [7, 11) is 3.29. The van der Waals surface area contributed by atoms with Crippen LogP contribution in [-0.4, -0.2) is 44.0 Å². The van der Waals surface area contributed by atoms with Crippen LogP contribution in [0.4, 0.5) is 11.4 Å². The Morgan fingerprint density at radius 3 is 2.23 bits per heavy atom. The van der Waals surface area contributed by atoms with Crippen molar-refractivity contribution >= 4 is 39.1 Å². The van der Waals surface area contributed by atoms with Gasteiger partial charge in [0, 0.05) is 21.9 Å². The van der Waals surface area contributed by atoms with Crippen molar-refractivity contribution in [1.29, 1.82) is 0 Å². The Labute approximate surface area is 161 Å². The van der Waals surface area contributed by atoms with Crippen molar-refractivity contribution < 1.29 is 14.3 Å². The molecule has 0 aliphatic heterocycles. The number of anilines is 2. The number of nitrogens with one attached hydrogen (secondary N) is 2. The SMILES string of the molecule is COc1cccc(NC(=O)CN(C)CC(=O)Nc2ccc(Br)c(C)c2)c1. The summed E-state index contributed by atoms with van der Waals surface area (Å²) in [6.07, 6.45) is 0. The van der Waals surface area contributed by atoms with Gasteiger partial charge < -0.3 is 15.4 Å². The van der Waals surface area contributed by atoms with Crippen LogP contribution in [0.5, 0.6) is 5.75 Å². The predicted octanol–water partition coefficient (Wildman–Crippen LogP) is 3.28. The summed E-state index contributed by atoms with van der Waals surface area (Å²) in [5, 5.41) is 5.62. The lowest BCUT2D eigenvalue weighted by molar-refractivity contribution is -0.119. The lowest BCUT2D eigenvalue weighted by Crippen LogP contribution is -2.36. The van der Waals surface area contributed by atoms with Crippen LogP contribution in [0.3, 0.4) is 0 Å². The van der Waals surface area contributed by atoms with Gasteiger partial charge in [-0.15, -0.1) is 0 Å². The smallest absolute Gasteiger partial charge is 0.238 e. The molecule has 26 heavy (non-hydrogen) atoms. The van der Waals surface area contributed by atoms with Gasteiger partial charge in [-0.2, -0.15) is 0 Å². The van der Waals surface area contributed by atoms with Crippen LogP contribution in [-0.2, 0) is 9.59 Å². The fraction of sp³-hybridized carbons (Fsp3) is 0.263. The highest BCUT2D eigenvalue weighted by molar-refractivity contribution is 9.10. The second kappa shape index (κ2) is 9.35. The number of likely N-dealkylation sites (N-methyl/N-ethyl adjacent to an activating group) is 1. The van der Waals surface area contributed by atoms with Gasteiger partial charge in [0.15, 0.2) is 0 Å². The number of aryl methyl sites for hydroxylation is 1. The number of carbonyl (C=O) groups excluding carboxylic acids is 2. The van der Waals surface area contributed by atoms with Gasteiger partial charge in [-0.3, -0.25) is 14.5 Å². The fourth-order valence-electron chi connectivity index (χ4n) is 2.37. The standard InChI is InChI=1S/C19H22BrN3O3/c1-13-9-15(7-8-17(13)20)22-19(25)12-23(2)11-18(24)21-14-5-4-6-16(10-14)26-3/h4-10H,11-12H2,1-3H3,(H,21,24)(H,22,25). The normalized spacial score (nSPS) is 10.5. The molecule has 2 aromatic carbocycles. The van der Waals surface area contributed by atoms with Crippen molar-refractivity contribution in [2.24, 2.45) is 0 Å². The van der Waals surface area contributed by atoms with Crippen LogP contribution in [0.15, 0.2) is 46.9 Å². The predicted molar refractivity (Wildman–Crippen MR) is 107 cm³/mol. The van der Waals surface area contributed by atoms with E-state index in [9.17, 15) is 9.59 Å². The minimum absolute atomic E-state index is 0.101. The van der Waals surface area contributed by atoms with Crippen LogP contribution in [0, 0.1) is 6.92 Å². The molecule has 138 valence electrons. The molecule has 2 aromatic rings. The molecule has 6 nitrogen and oxygen atoms in total. The molecule has 7 heteroatoms. The molecule has 0 aromatic heterocycles. The number of methoxy groups -OCH3 is 1. The van der Waals surface area contributed by atoms with E-state index in [1.807, 2.05) is 25.1 Å². The van der Waals surface area contributed by atoms with E-state index in [2.05, 4.69) is 26.6 Å². The first kappa shape index (κ1) is 19.9. The van der Waals surface area contributed by atoms with E-state index < -0.39 is 0 Å². The quantitative estimate of drug-likeness (QED) is 0.722. The lowest BCUT2D eigenvalue weighted by Gasteiger charge is -2.16. The number of halogens is 1. The summed E-state index contributed by atoms with van der Waals surface area (Å²) in [6.45, 7) is 2.17. The number of carbonyl (C=O) groups is 2. The van der Waals surface area contributed by atoms with Crippen molar-refractivity contribution in [3.63, 3.8) is 0 Å². The van der Waals surface area contributed by atoms with E-state index in [1.54, 1.807) is 43.3 Å². The monoisotopic (exact) mass is 419 g/mol. The second-order valence-electron chi connectivity index (χ2n) is 5.96. The van der Waals surface area contributed by atoms with Crippen LogP contribution in [0.1, 0.15) is 5.56 Å². The van der Waals surface area contributed by atoms with Gasteiger partial charge >= 0.3 is 0 Å². The summed E-state index contributed by atoms with van der Waals surface area (Å²) < 4.78 is 6.11. The molecule has 0 heterocycles. The molecule has 0 aliphatic rings. The van der Waals surface area contributed by atoms with Gasteiger partial charge in [-0.05, 0) is 49.9 Å². The molecule has 0 bridgehead atoms. The minimum atomic E-state index is -0.201. The van der Waals surface area contributed by atoms with Gasteiger partial charge in [-0.25, -0.2) is 0 Å². The first-order valence-corrected chi connectivity index (χ1v) is 8.85. The number of nitrogens with zero attached hydrogens (tertiary/aromatic N) is 1. The summed E-state index contributed by atoms with van der Waals surface area (Å²) in [5.74, 6) is 0.289. The first-order valence-electron chi connectivity index (χ1n) is 8.06. The lowest BCUT2D eigenvalue weighted by atomic mass is 10.2. The molecule has 2 rings (SSSR count). The van der Waals surface area contributed by atoms with E-state index in [0.717, 1.165) is 15.7 Å². The maximum atomic E-state index is 12.1. The molecule has 0 aliphatic carbocycles. The zero-order chi connectivity index (χ0) is 19.1. The van der Waals surface area contributed by atoms with Gasteiger partial charge in [0.05, 0.1) is 20.2 Å². The van der Waals surface area contributed by atoms with Crippen LogP contribution >= 0.6 is 15.9 Å². The van der Waals surface area contributed by atoms with E-state index in [4.69, 9.17) is 4.74 Å². The zero-order valence-corrected chi connectivity index (χ0v) is 16.6. The Bertz CT molecular complexity index is 795. The topological polar surface area (TPSA) is 70.7 Å². The third kappa shape index (κ3) is 6.16. The summed E-state index contributed by atoms with van der Waals surface area (Å²) >= 11 is 3.43. The zero-order valence-electron chi connectivity index (χ0n) is 15.0. The van der Waals surface area contributed by atoms with Gasteiger partial charge in [0.1, 0.15) is 5.75 Å². The van der Waals surface area contributed by atoms with Crippen LogP contribution in [0.2, 0.25) is 0 Å². The number of hydrogen-bond acceptors (Lipinski definition) is 4. The number of rotatable bonds is 7. The third-order valence-electron chi connectivity index (χ3n) is 3.62. The highest BCUT2D eigenvalue weighted by Gasteiger charge is 2.12. The number of benzene rings is 2. The summed E-state index contributed by atoms with van der Waals surface area (Å²) in [5.41, 5.74) is 2.41. The van der Waals surface area contributed by atoms with Crippen molar-refractivity contribution in [2.75, 3.05) is 37.9 Å². The van der Waals surface area contributed by atoms with Crippen LogP contribution < -0.4 is 15.4 Å².